The Balaban J connectivity index is 1.51. The molecule has 0 aromatic heterocycles. The van der Waals surface area contributed by atoms with Crippen molar-refractivity contribution in [1.29, 1.82) is 0 Å². The number of Topliss-reactive ketones (excluding diaryl/α,β-unsaturated/α-hetero) is 1. The lowest BCUT2D eigenvalue weighted by molar-refractivity contribution is -0.147. The number of ether oxygens (including phenoxy) is 2. The Labute approximate surface area is 161 Å². The van der Waals surface area contributed by atoms with Crippen LogP contribution in [-0.4, -0.2) is 40.8 Å². The molecule has 0 radical (unpaired) electrons. The van der Waals surface area contributed by atoms with Gasteiger partial charge in [-0.15, -0.1) is 0 Å². The molecule has 2 unspecified atom stereocenters. The molecule has 0 spiro atoms. The summed E-state index contributed by atoms with van der Waals surface area (Å²) in [5.41, 5.74) is -4.29. The van der Waals surface area contributed by atoms with Crippen LogP contribution in [0.5, 0.6) is 5.75 Å². The van der Waals surface area contributed by atoms with Gasteiger partial charge in [0.2, 0.25) is 17.1 Å². The van der Waals surface area contributed by atoms with Crippen LogP contribution in [-0.2, 0) is 15.3 Å². The SMILES string of the molecule is CC1=C(C(=O)OCCOc2ccccc2)C2(O)C(=O)c3ccccc3C2(O)N1. The predicted octanol–water partition coefficient (Wildman–Crippen LogP) is 1.26. The molecule has 2 aromatic carbocycles. The second kappa shape index (κ2) is 6.47. The van der Waals surface area contributed by atoms with Crippen molar-refractivity contribution in [2.75, 3.05) is 13.2 Å². The van der Waals surface area contributed by atoms with E-state index in [4.69, 9.17) is 9.47 Å². The van der Waals surface area contributed by atoms with E-state index in [0.717, 1.165) is 0 Å². The first-order valence-corrected chi connectivity index (χ1v) is 8.83. The molecule has 2 aromatic rings. The normalized spacial score (nSPS) is 25.2. The number of aliphatic hydroxyl groups is 2. The van der Waals surface area contributed by atoms with Gasteiger partial charge in [0.15, 0.2) is 0 Å². The highest BCUT2D eigenvalue weighted by Gasteiger charge is 2.70. The van der Waals surface area contributed by atoms with E-state index in [2.05, 4.69) is 5.32 Å². The van der Waals surface area contributed by atoms with Crippen LogP contribution < -0.4 is 10.1 Å². The maximum atomic E-state index is 12.9. The molecule has 28 heavy (non-hydrogen) atoms. The quantitative estimate of drug-likeness (QED) is 0.529. The van der Waals surface area contributed by atoms with Crippen LogP contribution in [0.2, 0.25) is 0 Å². The first kappa shape index (κ1) is 18.2. The van der Waals surface area contributed by atoms with Gasteiger partial charge in [0.1, 0.15) is 24.5 Å². The minimum atomic E-state index is -2.45. The van der Waals surface area contributed by atoms with E-state index in [1.165, 1.54) is 19.1 Å². The molecule has 0 bridgehead atoms. The zero-order chi connectivity index (χ0) is 19.9. The lowest BCUT2D eigenvalue weighted by Gasteiger charge is -2.31. The van der Waals surface area contributed by atoms with Crippen LogP contribution in [0.1, 0.15) is 22.8 Å². The summed E-state index contributed by atoms with van der Waals surface area (Å²) in [6.07, 6.45) is 0. The van der Waals surface area contributed by atoms with E-state index in [0.29, 0.717) is 5.75 Å². The minimum Gasteiger partial charge on any atom is -0.490 e. The number of allylic oxidation sites excluding steroid dienone is 1. The number of carbonyl (C=O) groups is 2. The molecular formula is C21H19NO6. The number of para-hydroxylation sites is 1. The van der Waals surface area contributed by atoms with Crippen molar-refractivity contribution < 1.29 is 29.3 Å². The maximum Gasteiger partial charge on any atom is 0.339 e. The monoisotopic (exact) mass is 381 g/mol. The standard InChI is InChI=1S/C21H19NO6/c1-13-17(19(24)28-12-11-27-14-7-3-2-4-8-14)20(25)18(23)15-9-5-6-10-16(15)21(20,26)22-13/h2-10,22,25-26H,11-12H2,1H3. The fourth-order valence-electron chi connectivity index (χ4n) is 3.79. The van der Waals surface area contributed by atoms with Gasteiger partial charge < -0.3 is 25.0 Å². The third-order valence-electron chi connectivity index (χ3n) is 5.05. The Kier molecular flexibility index (Phi) is 4.21. The minimum absolute atomic E-state index is 0.0832. The number of esters is 1. The largest absolute Gasteiger partial charge is 0.490 e. The smallest absolute Gasteiger partial charge is 0.339 e. The highest BCUT2D eigenvalue weighted by atomic mass is 16.6. The Bertz CT molecular complexity index is 985. The van der Waals surface area contributed by atoms with E-state index in [9.17, 15) is 19.8 Å². The lowest BCUT2D eigenvalue weighted by atomic mass is 9.85. The summed E-state index contributed by atoms with van der Waals surface area (Å²) in [6.45, 7) is 1.52. The van der Waals surface area contributed by atoms with Crippen LogP contribution in [0.3, 0.4) is 0 Å². The van der Waals surface area contributed by atoms with Gasteiger partial charge in [0, 0.05) is 16.8 Å². The molecule has 1 aliphatic carbocycles. The summed E-state index contributed by atoms with van der Waals surface area (Å²) in [4.78, 5) is 25.5. The fourth-order valence-corrected chi connectivity index (χ4v) is 3.79. The molecule has 4 rings (SSSR count). The topological polar surface area (TPSA) is 105 Å². The second-order valence-corrected chi connectivity index (χ2v) is 6.72. The fraction of sp³-hybridized carbons (Fsp3) is 0.238. The summed E-state index contributed by atoms with van der Waals surface area (Å²) in [7, 11) is 0. The van der Waals surface area contributed by atoms with E-state index >= 15 is 0 Å². The molecule has 2 atom stereocenters. The van der Waals surface area contributed by atoms with Crippen molar-refractivity contribution >= 4 is 11.8 Å². The van der Waals surface area contributed by atoms with Crippen molar-refractivity contribution in [2.45, 2.75) is 18.2 Å². The van der Waals surface area contributed by atoms with E-state index < -0.39 is 23.1 Å². The van der Waals surface area contributed by atoms with Crippen LogP contribution >= 0.6 is 0 Å². The highest BCUT2D eigenvalue weighted by molar-refractivity contribution is 6.16. The molecule has 0 fully saturated rings. The summed E-state index contributed by atoms with van der Waals surface area (Å²) < 4.78 is 10.7. The predicted molar refractivity (Wildman–Crippen MR) is 98.4 cm³/mol. The van der Waals surface area contributed by atoms with Gasteiger partial charge in [-0.2, -0.15) is 0 Å². The summed E-state index contributed by atoms with van der Waals surface area (Å²) in [5.74, 6) is -1.01. The molecule has 7 nitrogen and oxygen atoms in total. The van der Waals surface area contributed by atoms with Crippen molar-refractivity contribution in [3.63, 3.8) is 0 Å². The Morgan fingerprint density at radius 2 is 1.71 bits per heavy atom. The number of nitrogens with one attached hydrogen (secondary N) is 1. The highest BCUT2D eigenvalue weighted by Crippen LogP contribution is 2.51. The van der Waals surface area contributed by atoms with Gasteiger partial charge in [-0.1, -0.05) is 42.5 Å². The van der Waals surface area contributed by atoms with Crippen molar-refractivity contribution in [1.82, 2.24) is 5.32 Å². The first-order chi connectivity index (χ1) is 13.4. The Morgan fingerprint density at radius 3 is 2.46 bits per heavy atom. The van der Waals surface area contributed by atoms with Crippen LogP contribution in [0.4, 0.5) is 0 Å². The van der Waals surface area contributed by atoms with E-state index in [1.807, 2.05) is 18.2 Å². The molecule has 3 N–H and O–H groups in total. The Hall–Kier alpha value is -3.16. The van der Waals surface area contributed by atoms with Crippen LogP contribution in [0.15, 0.2) is 65.9 Å². The molecule has 2 aliphatic rings. The molecule has 0 saturated carbocycles. The van der Waals surface area contributed by atoms with Crippen molar-refractivity contribution in [3.8, 4) is 5.75 Å². The maximum absolute atomic E-state index is 12.9. The number of ketones is 1. The van der Waals surface area contributed by atoms with Gasteiger partial charge in [0.25, 0.3) is 0 Å². The van der Waals surface area contributed by atoms with E-state index in [-0.39, 0.29) is 35.6 Å². The third-order valence-corrected chi connectivity index (χ3v) is 5.05. The lowest BCUT2D eigenvalue weighted by Crippen LogP contribution is -2.56. The molecule has 0 amide bonds. The summed E-state index contributed by atoms with van der Waals surface area (Å²) in [5, 5.41) is 24.9. The average molecular weight is 381 g/mol. The van der Waals surface area contributed by atoms with Crippen molar-refractivity contribution in [3.05, 3.63) is 77.0 Å². The zero-order valence-electron chi connectivity index (χ0n) is 15.1. The number of hydrogen-bond donors (Lipinski definition) is 3. The van der Waals surface area contributed by atoms with Crippen molar-refractivity contribution in [2.24, 2.45) is 0 Å². The first-order valence-electron chi connectivity index (χ1n) is 8.83. The Morgan fingerprint density at radius 1 is 1.04 bits per heavy atom. The molecule has 144 valence electrons. The molecule has 1 heterocycles. The van der Waals surface area contributed by atoms with E-state index in [1.54, 1.807) is 24.3 Å². The van der Waals surface area contributed by atoms with Crippen LogP contribution in [0, 0.1) is 0 Å². The average Bonchev–Trinajstić information content (AvgIpc) is 3.01. The second-order valence-electron chi connectivity index (χ2n) is 6.72. The van der Waals surface area contributed by atoms with Gasteiger partial charge in [-0.25, -0.2) is 4.79 Å². The third kappa shape index (κ3) is 2.44. The molecule has 1 aliphatic heterocycles. The molecular weight excluding hydrogens is 362 g/mol. The number of rotatable bonds is 5. The molecule has 0 saturated heterocycles. The number of hydrogen-bond acceptors (Lipinski definition) is 7. The van der Waals surface area contributed by atoms with Gasteiger partial charge in [-0.3, -0.25) is 4.79 Å². The van der Waals surface area contributed by atoms with Gasteiger partial charge in [-0.05, 0) is 19.1 Å². The zero-order valence-corrected chi connectivity index (χ0v) is 15.1. The summed E-state index contributed by atoms with van der Waals surface area (Å²) in [6, 6.07) is 15.3. The number of carbonyl (C=O) groups excluding carboxylic acids is 2. The molecule has 7 heteroatoms. The van der Waals surface area contributed by atoms with Gasteiger partial charge in [0.05, 0.1) is 0 Å². The van der Waals surface area contributed by atoms with Crippen LogP contribution in [0.25, 0.3) is 0 Å². The summed E-state index contributed by atoms with van der Waals surface area (Å²) >= 11 is 0. The van der Waals surface area contributed by atoms with Gasteiger partial charge >= 0.3 is 5.97 Å². The number of benzene rings is 2. The number of fused-ring (bicyclic) bond motifs is 3.